The van der Waals surface area contributed by atoms with E-state index < -0.39 is 11.2 Å². The van der Waals surface area contributed by atoms with Crippen LogP contribution in [0.25, 0.3) is 0 Å². The molecule has 204 valence electrons. The molecule has 0 aromatic heterocycles. The van der Waals surface area contributed by atoms with Gasteiger partial charge in [0.05, 0.1) is 0 Å². The molecule has 4 aromatic carbocycles. The van der Waals surface area contributed by atoms with Crippen LogP contribution in [0.4, 0.5) is 0 Å². The predicted octanol–water partition coefficient (Wildman–Crippen LogP) is 8.25. The summed E-state index contributed by atoms with van der Waals surface area (Å²) >= 11 is 0. The van der Waals surface area contributed by atoms with Crippen molar-refractivity contribution in [2.75, 3.05) is 0 Å². The largest absolute Gasteiger partial charge is 0.230 e. The van der Waals surface area contributed by atoms with Gasteiger partial charge in [0.25, 0.3) is 0 Å². The summed E-state index contributed by atoms with van der Waals surface area (Å²) in [5.41, 5.74) is 4.34. The molecule has 40 heavy (non-hydrogen) atoms. The van der Waals surface area contributed by atoms with E-state index in [-0.39, 0.29) is 0 Å². The van der Waals surface area contributed by atoms with Crippen LogP contribution in [0.2, 0.25) is 0 Å². The molecule has 4 heteroatoms. The summed E-state index contributed by atoms with van der Waals surface area (Å²) in [6.45, 7) is 0. The molecule has 3 fully saturated rings. The first-order valence-electron chi connectivity index (χ1n) is 14.8. The molecule has 8 atom stereocenters. The Bertz CT molecular complexity index is 1330. The minimum Gasteiger partial charge on any atom is -0.230 e. The third-order valence-corrected chi connectivity index (χ3v) is 11.7. The van der Waals surface area contributed by atoms with Gasteiger partial charge in [0.2, 0.25) is 0 Å². The molecule has 0 heterocycles. The Kier molecular flexibility index (Phi) is 7.18. The van der Waals surface area contributed by atoms with Gasteiger partial charge in [-0.25, -0.2) is 9.05 Å². The van der Waals surface area contributed by atoms with E-state index in [0.29, 0.717) is 35.5 Å². The lowest BCUT2D eigenvalue weighted by molar-refractivity contribution is -0.0198. The number of benzene rings is 4. The Morgan fingerprint density at radius 3 is 1.27 bits per heavy atom. The summed E-state index contributed by atoms with van der Waals surface area (Å²) in [5, 5.41) is 0. The normalized spacial score (nSPS) is 27.7. The number of hydrogen-bond donors (Lipinski definition) is 0. The van der Waals surface area contributed by atoms with E-state index >= 15 is 0 Å². The molecule has 0 N–H and O–H groups in total. The quantitative estimate of drug-likeness (QED) is 0.200. The second kappa shape index (κ2) is 10.8. The Balaban J connectivity index is 1.30. The Morgan fingerprint density at radius 2 is 0.875 bits per heavy atom. The lowest BCUT2D eigenvalue weighted by atomic mass is 9.61. The molecule has 0 spiro atoms. The second-order valence-corrected chi connectivity index (χ2v) is 12.7. The van der Waals surface area contributed by atoms with Gasteiger partial charge in [-0.1, -0.05) is 121 Å². The third kappa shape index (κ3) is 3.91. The summed E-state index contributed by atoms with van der Waals surface area (Å²) in [6, 6.07) is 44.1. The van der Waals surface area contributed by atoms with E-state index in [1.54, 1.807) is 18.9 Å². The van der Waals surface area contributed by atoms with Crippen LogP contribution in [0.1, 0.15) is 47.9 Å². The molecule has 2 nitrogen and oxygen atoms in total. The number of hydrogen-bond acceptors (Lipinski definition) is 2. The van der Waals surface area contributed by atoms with Crippen LogP contribution in [-0.4, -0.2) is 0 Å². The van der Waals surface area contributed by atoms with Crippen molar-refractivity contribution in [1.82, 2.24) is 0 Å². The van der Waals surface area contributed by atoms with E-state index in [0.717, 1.165) is 0 Å². The molecule has 3 aliphatic carbocycles. The average molecular weight is 567 g/mol. The summed E-state index contributed by atoms with van der Waals surface area (Å²) in [6.07, 6.45) is 4.98. The van der Waals surface area contributed by atoms with Crippen molar-refractivity contribution in [2.45, 2.75) is 36.9 Å². The summed E-state index contributed by atoms with van der Waals surface area (Å²) in [4.78, 5) is 0. The van der Waals surface area contributed by atoms with E-state index in [1.807, 2.05) is 0 Å². The first-order valence-corrected chi connectivity index (χ1v) is 16.0. The molecular weight excluding hydrogens is 526 g/mol. The van der Waals surface area contributed by atoms with Crippen molar-refractivity contribution >= 4 is 18.9 Å². The van der Waals surface area contributed by atoms with E-state index in [9.17, 15) is 0 Å². The molecule has 3 aliphatic rings. The molecule has 2 unspecified atom stereocenters. The maximum atomic E-state index is 6.77. The number of fused-ring (bicyclic) bond motifs is 5. The molecule has 0 aliphatic heterocycles. The molecule has 7 rings (SSSR count). The van der Waals surface area contributed by atoms with Crippen LogP contribution >= 0.6 is 18.9 Å². The fourth-order valence-corrected chi connectivity index (χ4v) is 10.6. The predicted molar refractivity (Wildman–Crippen MR) is 171 cm³/mol. The highest BCUT2D eigenvalue weighted by molar-refractivity contribution is 7.10. The zero-order valence-corrected chi connectivity index (χ0v) is 25.9. The summed E-state index contributed by atoms with van der Waals surface area (Å²) in [5.74, 6) is 3.62. The fourth-order valence-electron chi connectivity index (χ4n) is 9.55. The van der Waals surface area contributed by atoms with E-state index in [2.05, 4.69) is 121 Å². The molecule has 4 aromatic rings. The third-order valence-electron chi connectivity index (χ3n) is 10.8. The lowest BCUT2D eigenvalue weighted by Gasteiger charge is -2.46. The molecular formula is C36H40O2P2+2. The topological polar surface area (TPSA) is 18.5 Å². The van der Waals surface area contributed by atoms with Crippen LogP contribution in [0.5, 0.6) is 0 Å². The summed E-state index contributed by atoms with van der Waals surface area (Å²) < 4.78 is 13.5. The van der Waals surface area contributed by atoms with Gasteiger partial charge >= 0.3 is 0 Å². The second-order valence-electron chi connectivity index (χ2n) is 12.2. The first kappa shape index (κ1) is 26.6. The minimum absolute atomic E-state index is 0.415. The highest BCUT2D eigenvalue weighted by atomic mass is 31.0. The highest BCUT2D eigenvalue weighted by Gasteiger charge is 2.66. The Labute approximate surface area is 243 Å². The zero-order chi connectivity index (χ0) is 27.2. The molecule has 0 amide bonds. The average Bonchev–Trinajstić information content (AvgIpc) is 3.75. The monoisotopic (exact) mass is 566 g/mol. The van der Waals surface area contributed by atoms with Gasteiger partial charge in [0.1, 0.15) is 18.9 Å². The zero-order valence-electron chi connectivity index (χ0n) is 23.1. The van der Waals surface area contributed by atoms with Crippen molar-refractivity contribution in [3.05, 3.63) is 144 Å². The smallest absolute Gasteiger partial charge is 0.164 e. The van der Waals surface area contributed by atoms with Gasteiger partial charge in [-0.3, -0.25) is 0 Å². The fraction of sp³-hybridized carbons (Fsp3) is 0.333. The summed E-state index contributed by atoms with van der Waals surface area (Å²) in [7, 11) is 3.37. The molecule has 0 saturated heterocycles. The van der Waals surface area contributed by atoms with Crippen LogP contribution in [-0.2, 0) is 20.2 Å². The lowest BCUT2D eigenvalue weighted by Crippen LogP contribution is -2.46. The first-order chi connectivity index (χ1) is 19.7. The standard InChI is InChI=1S/C36H40O2P2/c39-37-35(26-13-5-1-6-14-26,27-15-7-2-8-16-27)32-22-21-30-31-23-25(34(30)32)24-33(31)36(38-40,28-17-9-3-10-18-28)29-19-11-4-12-20-29/h1-20,25,30-34H,21-24H2,39-40H3/q+2/t25-,30+,31-,32-,33-,34+/m1/s1. The van der Waals surface area contributed by atoms with Gasteiger partial charge in [0, 0.05) is 11.8 Å². The molecule has 0 radical (unpaired) electrons. The molecule has 3 saturated carbocycles. The Morgan fingerprint density at radius 1 is 0.475 bits per heavy atom. The van der Waals surface area contributed by atoms with Crippen molar-refractivity contribution in [2.24, 2.45) is 35.5 Å². The van der Waals surface area contributed by atoms with Gasteiger partial charge < -0.3 is 0 Å². The van der Waals surface area contributed by atoms with Gasteiger partial charge in [-0.15, -0.1) is 0 Å². The minimum atomic E-state index is -0.418. The van der Waals surface area contributed by atoms with Gasteiger partial charge in [0.15, 0.2) is 11.2 Å². The van der Waals surface area contributed by atoms with Crippen LogP contribution in [0.15, 0.2) is 121 Å². The van der Waals surface area contributed by atoms with Crippen molar-refractivity contribution in [3.63, 3.8) is 0 Å². The van der Waals surface area contributed by atoms with Crippen LogP contribution < -0.4 is 0 Å². The van der Waals surface area contributed by atoms with E-state index in [4.69, 9.17) is 9.05 Å². The van der Waals surface area contributed by atoms with Crippen LogP contribution in [0.3, 0.4) is 0 Å². The van der Waals surface area contributed by atoms with Crippen molar-refractivity contribution in [1.29, 1.82) is 0 Å². The van der Waals surface area contributed by atoms with Gasteiger partial charge in [-0.05, 0) is 71.6 Å². The van der Waals surface area contributed by atoms with E-state index in [1.165, 1.54) is 47.9 Å². The highest BCUT2D eigenvalue weighted by Crippen LogP contribution is 2.70. The van der Waals surface area contributed by atoms with Gasteiger partial charge in [-0.2, -0.15) is 0 Å². The SMILES string of the molecule is [PH3+]OC(c1ccccc1)(c1ccccc1)[C@@H]1C[C@H]2C[C@@H]1[C@@H]1CC[C@@H](C(O[PH3+])(c3ccccc3)c3ccccc3)[C@@H]21. The Hall–Kier alpha value is -2.34. The van der Waals surface area contributed by atoms with Crippen LogP contribution in [0, 0.1) is 35.5 Å². The number of rotatable bonds is 8. The maximum absolute atomic E-state index is 6.77. The molecule has 2 bridgehead atoms. The van der Waals surface area contributed by atoms with Crippen molar-refractivity contribution < 1.29 is 9.05 Å². The van der Waals surface area contributed by atoms with Crippen molar-refractivity contribution in [3.8, 4) is 0 Å². The maximum Gasteiger partial charge on any atom is 0.164 e.